The van der Waals surface area contributed by atoms with Crippen LogP contribution in [-0.2, 0) is 16.0 Å². The molecule has 0 aromatic heterocycles. The number of halogens is 2. The fraction of sp³-hybridized carbons (Fsp3) is 0.429. The van der Waals surface area contributed by atoms with E-state index in [1.165, 1.54) is 18.2 Å². The molecule has 0 aliphatic carbocycles. The van der Waals surface area contributed by atoms with Crippen molar-refractivity contribution in [1.29, 1.82) is 0 Å². The van der Waals surface area contributed by atoms with Crippen LogP contribution >= 0.6 is 15.9 Å². The van der Waals surface area contributed by atoms with Gasteiger partial charge in [0.15, 0.2) is 0 Å². The summed E-state index contributed by atoms with van der Waals surface area (Å²) >= 11 is 3.04. The Balaban J connectivity index is 2.65. The van der Waals surface area contributed by atoms with Gasteiger partial charge < -0.3 is 10.4 Å². The van der Waals surface area contributed by atoms with E-state index in [9.17, 15) is 14.0 Å². The zero-order valence-corrected chi connectivity index (χ0v) is 12.9. The molecule has 0 radical (unpaired) electrons. The molecular formula is C14H17BrFNO3. The Morgan fingerprint density at radius 3 is 2.55 bits per heavy atom. The molecule has 1 atom stereocenters. The van der Waals surface area contributed by atoms with Crippen molar-refractivity contribution in [3.63, 3.8) is 0 Å². The van der Waals surface area contributed by atoms with Crippen LogP contribution < -0.4 is 5.32 Å². The van der Waals surface area contributed by atoms with Crippen molar-refractivity contribution in [2.45, 2.75) is 32.7 Å². The molecule has 0 fully saturated rings. The first-order valence-corrected chi connectivity index (χ1v) is 7.05. The molecule has 0 saturated carbocycles. The van der Waals surface area contributed by atoms with Crippen molar-refractivity contribution in [3.05, 3.63) is 34.1 Å². The van der Waals surface area contributed by atoms with Gasteiger partial charge >= 0.3 is 5.97 Å². The van der Waals surface area contributed by atoms with Gasteiger partial charge in [-0.1, -0.05) is 19.9 Å². The molecule has 1 aromatic carbocycles. The van der Waals surface area contributed by atoms with Gasteiger partial charge in [0.25, 0.3) is 0 Å². The zero-order valence-electron chi connectivity index (χ0n) is 11.3. The molecular weight excluding hydrogens is 329 g/mol. The van der Waals surface area contributed by atoms with E-state index >= 15 is 0 Å². The quantitative estimate of drug-likeness (QED) is 0.832. The lowest BCUT2D eigenvalue weighted by Crippen LogP contribution is -2.42. The third kappa shape index (κ3) is 5.28. The highest BCUT2D eigenvalue weighted by Gasteiger charge is 2.21. The van der Waals surface area contributed by atoms with E-state index in [1.54, 1.807) is 0 Å². The number of carboxylic acid groups (broad SMARTS) is 1. The molecule has 1 aromatic rings. The first-order valence-electron chi connectivity index (χ1n) is 6.25. The fourth-order valence-corrected chi connectivity index (χ4v) is 2.20. The molecule has 0 aliphatic heterocycles. The van der Waals surface area contributed by atoms with E-state index in [0.717, 1.165) is 0 Å². The number of carbonyl (C=O) groups is 2. The lowest BCUT2D eigenvalue weighted by molar-refractivity contribution is -0.142. The minimum absolute atomic E-state index is 0.0146. The second-order valence-electron chi connectivity index (χ2n) is 5.01. The van der Waals surface area contributed by atoms with Gasteiger partial charge in [0.1, 0.15) is 11.9 Å². The SMILES string of the molecule is CC(C)CC(NC(=O)Cc1ccc(F)c(Br)c1)C(=O)O. The number of rotatable bonds is 6. The van der Waals surface area contributed by atoms with E-state index in [1.807, 2.05) is 13.8 Å². The molecule has 2 N–H and O–H groups in total. The smallest absolute Gasteiger partial charge is 0.326 e. The number of hydrogen-bond acceptors (Lipinski definition) is 2. The standard InChI is InChI=1S/C14H17BrFNO3/c1-8(2)5-12(14(19)20)17-13(18)7-9-3-4-11(16)10(15)6-9/h3-4,6,8,12H,5,7H2,1-2H3,(H,17,18)(H,19,20). The van der Waals surface area contributed by atoms with Gasteiger partial charge in [0, 0.05) is 0 Å². The predicted octanol–water partition coefficient (Wildman–Crippen LogP) is 2.75. The number of nitrogens with one attached hydrogen (secondary N) is 1. The minimum Gasteiger partial charge on any atom is -0.480 e. The Bertz CT molecular complexity index is 505. The van der Waals surface area contributed by atoms with Gasteiger partial charge in [-0.2, -0.15) is 0 Å². The van der Waals surface area contributed by atoms with E-state index in [2.05, 4.69) is 21.2 Å². The van der Waals surface area contributed by atoms with Crippen LogP contribution in [0.5, 0.6) is 0 Å². The highest BCUT2D eigenvalue weighted by Crippen LogP contribution is 2.17. The molecule has 0 aliphatic rings. The van der Waals surface area contributed by atoms with Crippen molar-refractivity contribution >= 4 is 27.8 Å². The van der Waals surface area contributed by atoms with Gasteiger partial charge in [0.2, 0.25) is 5.91 Å². The summed E-state index contributed by atoms with van der Waals surface area (Å²) in [5.41, 5.74) is 0.615. The van der Waals surface area contributed by atoms with Gasteiger partial charge in [-0.25, -0.2) is 9.18 Å². The van der Waals surface area contributed by atoms with Crippen LogP contribution in [-0.4, -0.2) is 23.0 Å². The van der Waals surface area contributed by atoms with Crippen LogP contribution in [0.1, 0.15) is 25.8 Å². The average Bonchev–Trinajstić information content (AvgIpc) is 2.32. The molecule has 1 unspecified atom stereocenters. The van der Waals surface area contributed by atoms with Crippen molar-refractivity contribution < 1.29 is 19.1 Å². The lowest BCUT2D eigenvalue weighted by Gasteiger charge is -2.16. The summed E-state index contributed by atoms with van der Waals surface area (Å²) in [6.07, 6.45) is 0.384. The summed E-state index contributed by atoms with van der Waals surface area (Å²) in [6, 6.07) is 3.37. The van der Waals surface area contributed by atoms with Crippen molar-refractivity contribution in [3.8, 4) is 0 Å². The molecule has 0 bridgehead atoms. The molecule has 20 heavy (non-hydrogen) atoms. The Kier molecular flexibility index (Phi) is 6.13. The molecule has 4 nitrogen and oxygen atoms in total. The van der Waals surface area contributed by atoms with Crippen LogP contribution in [0.4, 0.5) is 4.39 Å². The van der Waals surface area contributed by atoms with E-state index in [-0.39, 0.29) is 16.8 Å². The number of carboxylic acids is 1. The van der Waals surface area contributed by atoms with Crippen molar-refractivity contribution in [1.82, 2.24) is 5.32 Å². The van der Waals surface area contributed by atoms with Crippen molar-refractivity contribution in [2.24, 2.45) is 5.92 Å². The van der Waals surface area contributed by atoms with Gasteiger partial charge in [0.05, 0.1) is 10.9 Å². The Hall–Kier alpha value is -1.43. The summed E-state index contributed by atoms with van der Waals surface area (Å²) in [4.78, 5) is 22.9. The number of amides is 1. The maximum absolute atomic E-state index is 13.1. The van der Waals surface area contributed by atoms with Crippen LogP contribution in [0.15, 0.2) is 22.7 Å². The lowest BCUT2D eigenvalue weighted by atomic mass is 10.0. The monoisotopic (exact) mass is 345 g/mol. The minimum atomic E-state index is -1.05. The average molecular weight is 346 g/mol. The van der Waals surface area contributed by atoms with E-state index < -0.39 is 23.7 Å². The molecule has 0 saturated heterocycles. The highest BCUT2D eigenvalue weighted by molar-refractivity contribution is 9.10. The van der Waals surface area contributed by atoms with Crippen LogP contribution in [0.2, 0.25) is 0 Å². The second-order valence-corrected chi connectivity index (χ2v) is 5.87. The molecule has 0 spiro atoms. The molecule has 110 valence electrons. The van der Waals surface area contributed by atoms with Crippen LogP contribution in [0.25, 0.3) is 0 Å². The maximum atomic E-state index is 13.1. The first kappa shape index (κ1) is 16.6. The van der Waals surface area contributed by atoms with Crippen molar-refractivity contribution in [2.75, 3.05) is 0 Å². The Morgan fingerprint density at radius 2 is 2.05 bits per heavy atom. The van der Waals surface area contributed by atoms with Gasteiger partial charge in [-0.15, -0.1) is 0 Å². The summed E-state index contributed by atoms with van der Waals surface area (Å²) in [7, 11) is 0. The molecule has 0 heterocycles. The number of hydrogen-bond donors (Lipinski definition) is 2. The highest BCUT2D eigenvalue weighted by atomic mass is 79.9. The van der Waals surface area contributed by atoms with Crippen LogP contribution in [0.3, 0.4) is 0 Å². The Morgan fingerprint density at radius 1 is 1.40 bits per heavy atom. The third-order valence-electron chi connectivity index (χ3n) is 2.69. The fourth-order valence-electron chi connectivity index (χ4n) is 1.77. The van der Waals surface area contributed by atoms with E-state index in [4.69, 9.17) is 5.11 Å². The van der Waals surface area contributed by atoms with Crippen LogP contribution in [0, 0.1) is 11.7 Å². The second kappa shape index (κ2) is 7.38. The zero-order chi connectivity index (χ0) is 15.3. The Labute approximate surface area is 125 Å². The maximum Gasteiger partial charge on any atom is 0.326 e. The largest absolute Gasteiger partial charge is 0.480 e. The number of carbonyl (C=O) groups excluding carboxylic acids is 1. The van der Waals surface area contributed by atoms with Gasteiger partial charge in [-0.05, 0) is 46.0 Å². The normalized spacial score (nSPS) is 12.2. The summed E-state index contributed by atoms with van der Waals surface area (Å²) in [5, 5.41) is 11.5. The summed E-state index contributed by atoms with van der Waals surface area (Å²) < 4.78 is 13.3. The molecule has 6 heteroatoms. The first-order chi connectivity index (χ1) is 9.29. The summed E-state index contributed by atoms with van der Waals surface area (Å²) in [5.74, 6) is -1.68. The molecule has 1 amide bonds. The predicted molar refractivity (Wildman–Crippen MR) is 76.8 cm³/mol. The topological polar surface area (TPSA) is 66.4 Å². The van der Waals surface area contributed by atoms with Gasteiger partial charge in [-0.3, -0.25) is 4.79 Å². The molecule has 1 rings (SSSR count). The third-order valence-corrected chi connectivity index (χ3v) is 3.30. The number of aliphatic carboxylic acids is 1. The summed E-state index contributed by atoms with van der Waals surface area (Å²) in [6.45, 7) is 3.78. The number of benzene rings is 1. The van der Waals surface area contributed by atoms with E-state index in [0.29, 0.717) is 12.0 Å².